The zero-order chi connectivity index (χ0) is 19.9. The normalized spacial score (nSPS) is 15.0. The molecule has 0 unspecified atom stereocenters. The molecule has 5 heteroatoms. The van der Waals surface area contributed by atoms with Gasteiger partial charge in [-0.05, 0) is 18.1 Å². The van der Waals surface area contributed by atoms with E-state index in [1.807, 2.05) is 6.07 Å². The fraction of sp³-hybridized carbons (Fsp3) is 0.391. The van der Waals surface area contributed by atoms with E-state index in [1.165, 1.54) is 0 Å². The molecule has 0 saturated carbocycles. The molecule has 1 N–H and O–H groups in total. The second-order valence-electron chi connectivity index (χ2n) is 8.48. The molecule has 0 bridgehead atoms. The number of imidazole rings is 1. The van der Waals surface area contributed by atoms with E-state index in [4.69, 9.17) is 4.98 Å². The molecule has 0 spiro atoms. The van der Waals surface area contributed by atoms with Crippen LogP contribution in [0.4, 0.5) is 5.82 Å². The Morgan fingerprint density at radius 2 is 1.79 bits per heavy atom. The van der Waals surface area contributed by atoms with Crippen LogP contribution in [0, 0.1) is 18.3 Å². The van der Waals surface area contributed by atoms with E-state index < -0.39 is 0 Å². The highest BCUT2D eigenvalue weighted by Crippen LogP contribution is 2.38. The van der Waals surface area contributed by atoms with Crippen LogP contribution in [0.25, 0.3) is 16.8 Å². The summed E-state index contributed by atoms with van der Waals surface area (Å²) in [6, 6.07) is 12.8. The first-order valence-corrected chi connectivity index (χ1v) is 9.89. The summed E-state index contributed by atoms with van der Waals surface area (Å²) in [6.45, 7) is 12.3. The SMILES string of the molecule is Cc1c(-c2ccccc2)c(N2CCNCC2)n2cc(C(C)(C)C)nc2c1C#N. The van der Waals surface area contributed by atoms with Crippen molar-refractivity contribution in [3.63, 3.8) is 0 Å². The van der Waals surface area contributed by atoms with Gasteiger partial charge >= 0.3 is 0 Å². The summed E-state index contributed by atoms with van der Waals surface area (Å²) in [4.78, 5) is 7.33. The van der Waals surface area contributed by atoms with Crippen molar-refractivity contribution in [1.29, 1.82) is 5.26 Å². The summed E-state index contributed by atoms with van der Waals surface area (Å²) < 4.78 is 2.15. The summed E-state index contributed by atoms with van der Waals surface area (Å²) in [7, 11) is 0. The van der Waals surface area contributed by atoms with Crippen molar-refractivity contribution in [2.75, 3.05) is 31.1 Å². The molecule has 4 rings (SSSR count). The van der Waals surface area contributed by atoms with Crippen molar-refractivity contribution in [1.82, 2.24) is 14.7 Å². The lowest BCUT2D eigenvalue weighted by Crippen LogP contribution is -2.44. The molecule has 28 heavy (non-hydrogen) atoms. The Bertz CT molecular complexity index is 1040. The smallest absolute Gasteiger partial charge is 0.156 e. The van der Waals surface area contributed by atoms with Crippen LogP contribution in [0.5, 0.6) is 0 Å². The van der Waals surface area contributed by atoms with E-state index in [9.17, 15) is 5.26 Å². The Morgan fingerprint density at radius 3 is 2.39 bits per heavy atom. The number of benzene rings is 1. The number of nitriles is 1. The Kier molecular flexibility index (Phi) is 4.60. The second-order valence-corrected chi connectivity index (χ2v) is 8.48. The summed E-state index contributed by atoms with van der Waals surface area (Å²) in [6.07, 6.45) is 2.12. The lowest BCUT2D eigenvalue weighted by atomic mass is 9.93. The van der Waals surface area contributed by atoms with Crippen LogP contribution in [-0.4, -0.2) is 35.6 Å². The molecular formula is C23H27N5. The monoisotopic (exact) mass is 373 g/mol. The van der Waals surface area contributed by atoms with Gasteiger partial charge in [-0.2, -0.15) is 5.26 Å². The molecule has 1 aromatic carbocycles. The highest BCUT2D eigenvalue weighted by atomic mass is 15.3. The minimum absolute atomic E-state index is 0.0831. The fourth-order valence-corrected chi connectivity index (χ4v) is 3.93. The number of nitrogens with one attached hydrogen (secondary N) is 1. The average Bonchev–Trinajstić information content (AvgIpc) is 3.13. The first-order valence-electron chi connectivity index (χ1n) is 9.89. The van der Waals surface area contributed by atoms with Gasteiger partial charge in [-0.15, -0.1) is 0 Å². The van der Waals surface area contributed by atoms with Crippen molar-refractivity contribution in [2.45, 2.75) is 33.1 Å². The van der Waals surface area contributed by atoms with Crippen molar-refractivity contribution in [3.05, 3.63) is 53.3 Å². The Hall–Kier alpha value is -2.84. The van der Waals surface area contributed by atoms with Gasteiger partial charge in [0.25, 0.3) is 0 Å². The maximum atomic E-state index is 9.97. The molecule has 1 saturated heterocycles. The quantitative estimate of drug-likeness (QED) is 0.740. The van der Waals surface area contributed by atoms with Gasteiger partial charge in [0.05, 0.1) is 11.3 Å². The van der Waals surface area contributed by atoms with E-state index in [1.54, 1.807) is 0 Å². The molecule has 3 heterocycles. The zero-order valence-corrected chi connectivity index (χ0v) is 17.1. The number of nitrogens with zero attached hydrogens (tertiary/aromatic N) is 4. The van der Waals surface area contributed by atoms with Crippen LogP contribution < -0.4 is 10.2 Å². The molecule has 1 aliphatic heterocycles. The average molecular weight is 374 g/mol. The van der Waals surface area contributed by atoms with Crippen LogP contribution in [0.2, 0.25) is 0 Å². The minimum Gasteiger partial charge on any atom is -0.355 e. The molecule has 1 aliphatic rings. The fourth-order valence-electron chi connectivity index (χ4n) is 3.93. The third-order valence-electron chi connectivity index (χ3n) is 5.49. The first kappa shape index (κ1) is 18.5. The summed E-state index contributed by atoms with van der Waals surface area (Å²) in [5.41, 5.74) is 5.61. The van der Waals surface area contributed by atoms with Crippen LogP contribution in [0.15, 0.2) is 36.5 Å². The van der Waals surface area contributed by atoms with Crippen LogP contribution >= 0.6 is 0 Å². The molecule has 0 amide bonds. The van der Waals surface area contributed by atoms with Crippen LogP contribution in [-0.2, 0) is 5.41 Å². The molecule has 2 aromatic heterocycles. The predicted octanol–water partition coefficient (Wildman–Crippen LogP) is 3.89. The number of hydrogen-bond acceptors (Lipinski definition) is 4. The molecule has 5 nitrogen and oxygen atoms in total. The standard InChI is InChI=1S/C23H27N5/c1-16-18(14-24)21-26-19(23(2,3)4)15-28(21)22(27-12-10-25-11-13-27)20(16)17-8-6-5-7-9-17/h5-9,15,25H,10-13H2,1-4H3. The maximum absolute atomic E-state index is 9.97. The number of aromatic nitrogens is 2. The topological polar surface area (TPSA) is 56.4 Å². The number of fused-ring (bicyclic) bond motifs is 1. The molecule has 0 aliphatic carbocycles. The van der Waals surface area contributed by atoms with E-state index in [-0.39, 0.29) is 5.41 Å². The third-order valence-corrected chi connectivity index (χ3v) is 5.49. The highest BCUT2D eigenvalue weighted by molar-refractivity contribution is 5.85. The molecule has 0 radical (unpaired) electrons. The van der Waals surface area contributed by atoms with Crippen LogP contribution in [0.3, 0.4) is 0 Å². The number of pyridine rings is 1. The molecular weight excluding hydrogens is 346 g/mol. The second kappa shape index (κ2) is 6.96. The van der Waals surface area contributed by atoms with Gasteiger partial charge in [0.1, 0.15) is 11.9 Å². The molecule has 0 atom stereocenters. The van der Waals surface area contributed by atoms with Crippen LogP contribution in [0.1, 0.15) is 37.6 Å². The Morgan fingerprint density at radius 1 is 1.11 bits per heavy atom. The lowest BCUT2D eigenvalue weighted by Gasteiger charge is -2.32. The van der Waals surface area contributed by atoms with E-state index >= 15 is 0 Å². The van der Waals surface area contributed by atoms with Gasteiger partial charge < -0.3 is 10.2 Å². The minimum atomic E-state index is -0.0831. The van der Waals surface area contributed by atoms with Gasteiger partial charge in [0.2, 0.25) is 0 Å². The largest absolute Gasteiger partial charge is 0.355 e. The van der Waals surface area contributed by atoms with Crippen molar-refractivity contribution in [2.24, 2.45) is 0 Å². The van der Waals surface area contributed by atoms with E-state index in [0.717, 1.165) is 60.0 Å². The van der Waals surface area contributed by atoms with Gasteiger partial charge in [-0.25, -0.2) is 4.98 Å². The number of hydrogen-bond donors (Lipinski definition) is 1. The third kappa shape index (κ3) is 3.04. The molecule has 3 aromatic rings. The Labute approximate surface area is 166 Å². The number of anilines is 1. The van der Waals surface area contributed by atoms with E-state index in [2.05, 4.69) is 78.8 Å². The summed E-state index contributed by atoms with van der Waals surface area (Å²) in [5.74, 6) is 1.14. The summed E-state index contributed by atoms with van der Waals surface area (Å²) >= 11 is 0. The maximum Gasteiger partial charge on any atom is 0.156 e. The van der Waals surface area contributed by atoms with E-state index in [0.29, 0.717) is 5.56 Å². The number of piperazine rings is 1. The first-order chi connectivity index (χ1) is 13.4. The summed E-state index contributed by atoms with van der Waals surface area (Å²) in [5, 5.41) is 13.4. The lowest BCUT2D eigenvalue weighted by molar-refractivity contribution is 0.571. The highest BCUT2D eigenvalue weighted by Gasteiger charge is 2.27. The zero-order valence-electron chi connectivity index (χ0n) is 17.1. The van der Waals surface area contributed by atoms with Gasteiger partial charge in [0, 0.05) is 43.4 Å². The van der Waals surface area contributed by atoms with Gasteiger partial charge in [-0.1, -0.05) is 51.1 Å². The molecule has 1 fully saturated rings. The van der Waals surface area contributed by atoms with Crippen molar-refractivity contribution < 1.29 is 0 Å². The van der Waals surface area contributed by atoms with Crippen molar-refractivity contribution in [3.8, 4) is 17.2 Å². The Balaban J connectivity index is 2.11. The van der Waals surface area contributed by atoms with Crippen molar-refractivity contribution >= 4 is 11.5 Å². The predicted molar refractivity (Wildman–Crippen MR) is 114 cm³/mol. The van der Waals surface area contributed by atoms with Gasteiger partial charge in [0.15, 0.2) is 5.65 Å². The number of rotatable bonds is 2. The van der Waals surface area contributed by atoms with Gasteiger partial charge in [-0.3, -0.25) is 4.40 Å². The molecule has 144 valence electrons.